The number of nitrogens with zero attached hydrogens (tertiary/aromatic N) is 1. The molecule has 0 amide bonds. The molecule has 1 aromatic heterocycles. The molecule has 0 unspecified atom stereocenters. The van der Waals surface area contributed by atoms with Crippen molar-refractivity contribution in [1.82, 2.24) is 9.97 Å². The van der Waals surface area contributed by atoms with Gasteiger partial charge in [0.15, 0.2) is 0 Å². The molecule has 0 atom stereocenters. The molecule has 1 rings (SSSR count). The Morgan fingerprint density at radius 2 is 2.18 bits per heavy atom. The molecule has 0 bridgehead atoms. The third-order valence-corrected chi connectivity index (χ3v) is 1.65. The first kappa shape index (κ1) is 7.98. The maximum Gasteiger partial charge on any atom is 0.266 e. The lowest BCUT2D eigenvalue weighted by Crippen LogP contribution is -2.11. The number of aryl methyl sites for hydroxylation is 2. The average molecular weight is 152 g/mol. The van der Waals surface area contributed by atoms with Crippen LogP contribution in [0.3, 0.4) is 0 Å². The SMILES string of the molecule is CCc1ncc(=O)[nH]c1CC. The van der Waals surface area contributed by atoms with Crippen molar-refractivity contribution in [3.63, 3.8) is 0 Å². The van der Waals surface area contributed by atoms with Crippen molar-refractivity contribution in [2.75, 3.05) is 0 Å². The third-order valence-electron chi connectivity index (χ3n) is 1.65. The zero-order valence-electron chi connectivity index (χ0n) is 6.85. The summed E-state index contributed by atoms with van der Waals surface area (Å²) in [6, 6.07) is 0. The molecule has 0 aliphatic carbocycles. The van der Waals surface area contributed by atoms with E-state index in [0.29, 0.717) is 0 Å². The van der Waals surface area contributed by atoms with Gasteiger partial charge in [0.2, 0.25) is 0 Å². The van der Waals surface area contributed by atoms with E-state index >= 15 is 0 Å². The molecule has 60 valence electrons. The maximum atomic E-state index is 10.8. The van der Waals surface area contributed by atoms with E-state index in [1.54, 1.807) is 0 Å². The van der Waals surface area contributed by atoms with Gasteiger partial charge in [0.1, 0.15) is 0 Å². The maximum absolute atomic E-state index is 10.8. The highest BCUT2D eigenvalue weighted by Gasteiger charge is 1.99. The summed E-state index contributed by atoms with van der Waals surface area (Å²) in [5, 5.41) is 0. The highest BCUT2D eigenvalue weighted by molar-refractivity contribution is 5.09. The minimum Gasteiger partial charge on any atom is -0.323 e. The Labute approximate surface area is 65.5 Å². The molecule has 3 heteroatoms. The molecule has 0 saturated heterocycles. The van der Waals surface area contributed by atoms with E-state index in [4.69, 9.17) is 0 Å². The van der Waals surface area contributed by atoms with Crippen molar-refractivity contribution in [2.45, 2.75) is 26.7 Å². The minimum absolute atomic E-state index is 0.112. The fourth-order valence-electron chi connectivity index (χ4n) is 1.06. The van der Waals surface area contributed by atoms with Gasteiger partial charge in [-0.05, 0) is 12.8 Å². The van der Waals surface area contributed by atoms with Gasteiger partial charge in [0.05, 0.1) is 11.9 Å². The quantitative estimate of drug-likeness (QED) is 0.684. The standard InChI is InChI=1S/C8H12N2O/c1-3-6-7(4-2)10-8(11)5-9-6/h5H,3-4H2,1-2H3,(H,10,11). The number of H-pyrrole nitrogens is 1. The normalized spacial score (nSPS) is 10.0. The van der Waals surface area contributed by atoms with E-state index in [2.05, 4.69) is 9.97 Å². The van der Waals surface area contributed by atoms with E-state index in [0.717, 1.165) is 24.2 Å². The Hall–Kier alpha value is -1.12. The number of rotatable bonds is 2. The summed E-state index contributed by atoms with van der Waals surface area (Å²) in [4.78, 5) is 17.6. The van der Waals surface area contributed by atoms with Crippen LogP contribution in [0.2, 0.25) is 0 Å². The molecular weight excluding hydrogens is 140 g/mol. The zero-order valence-corrected chi connectivity index (χ0v) is 6.85. The molecule has 0 aliphatic heterocycles. The van der Waals surface area contributed by atoms with Crippen LogP contribution in [-0.4, -0.2) is 9.97 Å². The first-order valence-corrected chi connectivity index (χ1v) is 3.85. The number of nitrogens with one attached hydrogen (secondary N) is 1. The van der Waals surface area contributed by atoms with Gasteiger partial charge in [0, 0.05) is 5.69 Å². The summed E-state index contributed by atoms with van der Waals surface area (Å²) < 4.78 is 0. The van der Waals surface area contributed by atoms with Crippen molar-refractivity contribution < 1.29 is 0 Å². The molecule has 0 aromatic carbocycles. The van der Waals surface area contributed by atoms with Crippen molar-refractivity contribution in [1.29, 1.82) is 0 Å². The van der Waals surface area contributed by atoms with E-state index in [1.807, 2.05) is 13.8 Å². The van der Waals surface area contributed by atoms with Crippen LogP contribution >= 0.6 is 0 Å². The van der Waals surface area contributed by atoms with E-state index in [9.17, 15) is 4.79 Å². The number of aromatic nitrogens is 2. The van der Waals surface area contributed by atoms with Crippen LogP contribution in [0.15, 0.2) is 11.0 Å². The van der Waals surface area contributed by atoms with Crippen LogP contribution in [0.25, 0.3) is 0 Å². The highest BCUT2D eigenvalue weighted by Crippen LogP contribution is 1.99. The van der Waals surface area contributed by atoms with Crippen LogP contribution in [0.4, 0.5) is 0 Å². The second-order valence-corrected chi connectivity index (χ2v) is 2.38. The predicted molar refractivity (Wildman–Crippen MR) is 43.6 cm³/mol. The third kappa shape index (κ3) is 1.67. The zero-order chi connectivity index (χ0) is 8.27. The minimum atomic E-state index is -0.112. The lowest BCUT2D eigenvalue weighted by atomic mass is 10.2. The molecule has 0 radical (unpaired) electrons. The summed E-state index contributed by atoms with van der Waals surface area (Å²) in [6.07, 6.45) is 3.05. The summed E-state index contributed by atoms with van der Waals surface area (Å²) in [6.45, 7) is 4.03. The second kappa shape index (κ2) is 3.32. The summed E-state index contributed by atoms with van der Waals surface area (Å²) in [7, 11) is 0. The molecule has 3 nitrogen and oxygen atoms in total. The molecule has 0 aliphatic rings. The molecular formula is C8H12N2O. The fraction of sp³-hybridized carbons (Fsp3) is 0.500. The average Bonchev–Trinajstić information content (AvgIpc) is 2.04. The van der Waals surface area contributed by atoms with Crippen molar-refractivity contribution in [2.24, 2.45) is 0 Å². The van der Waals surface area contributed by atoms with E-state index in [-0.39, 0.29) is 5.56 Å². The van der Waals surface area contributed by atoms with Gasteiger partial charge in [0.25, 0.3) is 5.56 Å². The number of hydrogen-bond acceptors (Lipinski definition) is 2. The van der Waals surface area contributed by atoms with Crippen LogP contribution in [-0.2, 0) is 12.8 Å². The first-order valence-electron chi connectivity index (χ1n) is 3.85. The van der Waals surface area contributed by atoms with Gasteiger partial charge in [-0.15, -0.1) is 0 Å². The molecule has 1 heterocycles. The van der Waals surface area contributed by atoms with Gasteiger partial charge in [-0.1, -0.05) is 13.8 Å². The van der Waals surface area contributed by atoms with Crippen molar-refractivity contribution >= 4 is 0 Å². The van der Waals surface area contributed by atoms with Crippen LogP contribution in [0.1, 0.15) is 25.2 Å². The van der Waals surface area contributed by atoms with Gasteiger partial charge < -0.3 is 4.98 Å². The van der Waals surface area contributed by atoms with Crippen molar-refractivity contribution in [3.05, 3.63) is 27.9 Å². The second-order valence-electron chi connectivity index (χ2n) is 2.38. The summed E-state index contributed by atoms with van der Waals surface area (Å²) in [5.41, 5.74) is 1.84. The number of aromatic amines is 1. The predicted octanol–water partition coefficient (Wildman–Crippen LogP) is 0.895. The summed E-state index contributed by atoms with van der Waals surface area (Å²) in [5.74, 6) is 0. The molecule has 0 spiro atoms. The largest absolute Gasteiger partial charge is 0.323 e. The van der Waals surface area contributed by atoms with Gasteiger partial charge in [-0.2, -0.15) is 0 Å². The Kier molecular flexibility index (Phi) is 2.41. The topological polar surface area (TPSA) is 45.8 Å². The van der Waals surface area contributed by atoms with Gasteiger partial charge >= 0.3 is 0 Å². The van der Waals surface area contributed by atoms with Gasteiger partial charge in [-0.25, -0.2) is 0 Å². The Balaban J connectivity index is 3.16. The van der Waals surface area contributed by atoms with Crippen LogP contribution < -0.4 is 5.56 Å². The van der Waals surface area contributed by atoms with E-state index < -0.39 is 0 Å². The van der Waals surface area contributed by atoms with Crippen LogP contribution in [0, 0.1) is 0 Å². The molecule has 0 saturated carbocycles. The van der Waals surface area contributed by atoms with Gasteiger partial charge in [-0.3, -0.25) is 9.78 Å². The van der Waals surface area contributed by atoms with Crippen LogP contribution in [0.5, 0.6) is 0 Å². The fourth-order valence-corrected chi connectivity index (χ4v) is 1.06. The number of hydrogen-bond donors (Lipinski definition) is 1. The molecule has 1 aromatic rings. The lowest BCUT2D eigenvalue weighted by Gasteiger charge is -2.01. The Bertz CT molecular complexity index is 290. The monoisotopic (exact) mass is 152 g/mol. The lowest BCUT2D eigenvalue weighted by molar-refractivity contribution is 0.887. The Morgan fingerprint density at radius 3 is 2.73 bits per heavy atom. The summed E-state index contributed by atoms with van der Waals surface area (Å²) >= 11 is 0. The van der Waals surface area contributed by atoms with E-state index in [1.165, 1.54) is 6.20 Å². The highest BCUT2D eigenvalue weighted by atomic mass is 16.1. The Morgan fingerprint density at radius 1 is 1.45 bits per heavy atom. The molecule has 11 heavy (non-hydrogen) atoms. The first-order chi connectivity index (χ1) is 5.27. The van der Waals surface area contributed by atoms with Crippen molar-refractivity contribution in [3.8, 4) is 0 Å². The molecule has 0 fully saturated rings. The molecule has 1 N–H and O–H groups in total. The smallest absolute Gasteiger partial charge is 0.266 e.